The Kier molecular flexibility index (Phi) is 6.98. The molecule has 1 saturated heterocycles. The van der Waals surface area contributed by atoms with Crippen molar-refractivity contribution in [2.45, 2.75) is 32.2 Å². The van der Waals surface area contributed by atoms with E-state index in [2.05, 4.69) is 20.3 Å². The van der Waals surface area contributed by atoms with Crippen molar-refractivity contribution >= 4 is 28.8 Å². The maximum atomic E-state index is 14.9. The number of hydrogen-bond donors (Lipinski definition) is 1. The maximum absolute atomic E-state index is 14.9. The van der Waals surface area contributed by atoms with Gasteiger partial charge in [0.25, 0.3) is 17.9 Å². The number of aryl methyl sites for hydroxylation is 1. The molecule has 5 rings (SSSR count). The third kappa shape index (κ3) is 4.78. The van der Waals surface area contributed by atoms with Crippen LogP contribution in [0.1, 0.15) is 47.8 Å². The molecule has 1 aromatic carbocycles. The van der Waals surface area contributed by atoms with Crippen LogP contribution in [0.25, 0.3) is 10.9 Å². The Labute approximate surface area is 215 Å². The van der Waals surface area contributed by atoms with Crippen LogP contribution in [0.4, 0.5) is 19.0 Å². The highest BCUT2D eigenvalue weighted by molar-refractivity contribution is 6.00. The third-order valence-corrected chi connectivity index (χ3v) is 6.55. The maximum Gasteiger partial charge on any atom is 0.275 e. The first-order valence-corrected chi connectivity index (χ1v) is 12.1. The van der Waals surface area contributed by atoms with Gasteiger partial charge in [0.2, 0.25) is 0 Å². The van der Waals surface area contributed by atoms with Crippen molar-refractivity contribution in [2.24, 2.45) is 4.99 Å². The molecule has 12 heteroatoms. The average molecular weight is 527 g/mol. The van der Waals surface area contributed by atoms with E-state index in [0.717, 1.165) is 6.07 Å². The van der Waals surface area contributed by atoms with Gasteiger partial charge in [0, 0.05) is 30.0 Å². The van der Waals surface area contributed by atoms with Gasteiger partial charge >= 0.3 is 0 Å². The summed E-state index contributed by atoms with van der Waals surface area (Å²) in [5.41, 5.74) is -0.314. The van der Waals surface area contributed by atoms with Crippen LogP contribution in [0.5, 0.6) is 0 Å². The Morgan fingerprint density at radius 1 is 1.13 bits per heavy atom. The number of anilines is 1. The number of amides is 1. The number of rotatable bonds is 6. The van der Waals surface area contributed by atoms with E-state index in [4.69, 9.17) is 4.74 Å². The predicted octanol–water partition coefficient (Wildman–Crippen LogP) is 3.57. The molecule has 0 radical (unpaired) electrons. The van der Waals surface area contributed by atoms with Crippen molar-refractivity contribution < 1.29 is 22.7 Å². The molecule has 4 heterocycles. The summed E-state index contributed by atoms with van der Waals surface area (Å²) in [7, 11) is 0. The van der Waals surface area contributed by atoms with Gasteiger partial charge in [0.05, 0.1) is 54.4 Å². The molecule has 1 N–H and O–H groups in total. The molecule has 3 aromatic rings. The van der Waals surface area contributed by atoms with E-state index in [1.807, 2.05) is 5.01 Å². The van der Waals surface area contributed by atoms with E-state index in [1.165, 1.54) is 29.1 Å². The summed E-state index contributed by atoms with van der Waals surface area (Å²) in [5.74, 6) is -1.39. The molecule has 1 fully saturated rings. The summed E-state index contributed by atoms with van der Waals surface area (Å²) in [6.07, 6.45) is 2.96. The Morgan fingerprint density at radius 2 is 1.87 bits per heavy atom. The molecule has 0 aliphatic carbocycles. The molecule has 2 aliphatic heterocycles. The van der Waals surface area contributed by atoms with Gasteiger partial charge in [0.1, 0.15) is 17.5 Å². The van der Waals surface area contributed by atoms with Gasteiger partial charge < -0.3 is 15.1 Å². The lowest BCUT2D eigenvalue weighted by atomic mass is 9.97. The number of carbonyl (C=O) groups is 1. The summed E-state index contributed by atoms with van der Waals surface area (Å²) in [6, 6.07) is 3.13. The molecular formula is C26H25F3N6O3. The normalized spacial score (nSPS) is 18.4. The highest BCUT2D eigenvalue weighted by atomic mass is 19.3. The number of aliphatic imine (C=N–C) groups is 1. The Hall–Kier alpha value is -4.06. The highest BCUT2D eigenvalue weighted by Gasteiger charge is 2.26. The molecule has 9 nitrogen and oxygen atoms in total. The topological polar surface area (TPSA) is 102 Å². The lowest BCUT2D eigenvalue weighted by Crippen LogP contribution is -2.49. The predicted molar refractivity (Wildman–Crippen MR) is 136 cm³/mol. The van der Waals surface area contributed by atoms with E-state index < -0.39 is 35.7 Å². The minimum absolute atomic E-state index is 0.0507. The Morgan fingerprint density at radius 3 is 2.55 bits per heavy atom. The molecule has 38 heavy (non-hydrogen) atoms. The van der Waals surface area contributed by atoms with Gasteiger partial charge in [-0.05, 0) is 13.8 Å². The van der Waals surface area contributed by atoms with Crippen molar-refractivity contribution in [3.8, 4) is 0 Å². The van der Waals surface area contributed by atoms with Crippen LogP contribution in [-0.2, 0) is 9.53 Å². The van der Waals surface area contributed by atoms with Crippen LogP contribution in [0.2, 0.25) is 0 Å². The fourth-order valence-corrected chi connectivity index (χ4v) is 4.66. The van der Waals surface area contributed by atoms with Crippen LogP contribution in [-0.4, -0.2) is 53.1 Å². The van der Waals surface area contributed by atoms with Gasteiger partial charge in [-0.15, -0.1) is 0 Å². The van der Waals surface area contributed by atoms with Crippen molar-refractivity contribution in [1.82, 2.24) is 14.6 Å². The zero-order valence-electron chi connectivity index (χ0n) is 20.7. The summed E-state index contributed by atoms with van der Waals surface area (Å²) in [4.78, 5) is 38.3. The molecular weight excluding hydrogens is 501 g/mol. The second kappa shape index (κ2) is 10.4. The quantitative estimate of drug-likeness (QED) is 0.524. The number of aromatic nitrogens is 3. The smallest absolute Gasteiger partial charge is 0.275 e. The summed E-state index contributed by atoms with van der Waals surface area (Å²) >= 11 is 0. The number of dihydropyridines is 1. The van der Waals surface area contributed by atoms with Gasteiger partial charge in [-0.2, -0.15) is 0 Å². The van der Waals surface area contributed by atoms with Gasteiger partial charge in [0.15, 0.2) is 0 Å². The number of nitrogens with one attached hydrogen (secondary N) is 1. The van der Waals surface area contributed by atoms with E-state index in [-0.39, 0.29) is 11.1 Å². The molecule has 0 saturated carbocycles. The monoisotopic (exact) mass is 526 g/mol. The lowest BCUT2D eigenvalue weighted by Gasteiger charge is -2.31. The molecule has 198 valence electrons. The summed E-state index contributed by atoms with van der Waals surface area (Å²) < 4.78 is 48.4. The largest absolute Gasteiger partial charge is 0.378 e. The molecule has 1 unspecified atom stereocenters. The van der Waals surface area contributed by atoms with Gasteiger partial charge in [-0.25, -0.2) is 32.8 Å². The Balaban J connectivity index is 1.67. The van der Waals surface area contributed by atoms with Crippen molar-refractivity contribution in [1.29, 1.82) is 0 Å². The summed E-state index contributed by atoms with van der Waals surface area (Å²) in [6.45, 7) is 5.10. The van der Waals surface area contributed by atoms with Crippen LogP contribution < -0.4 is 15.9 Å². The van der Waals surface area contributed by atoms with E-state index in [9.17, 15) is 22.8 Å². The molecule has 2 aromatic heterocycles. The fourth-order valence-electron chi connectivity index (χ4n) is 4.66. The molecule has 0 bridgehead atoms. The third-order valence-electron chi connectivity index (χ3n) is 6.55. The minimum Gasteiger partial charge on any atom is -0.378 e. The molecule has 2 aliphatic rings. The molecule has 0 spiro atoms. The van der Waals surface area contributed by atoms with Crippen molar-refractivity contribution in [3.05, 3.63) is 75.2 Å². The number of morpholine rings is 1. The first-order valence-electron chi connectivity index (χ1n) is 12.1. The van der Waals surface area contributed by atoms with Gasteiger partial charge in [-0.1, -0.05) is 24.3 Å². The molecule has 2 atom stereocenters. The van der Waals surface area contributed by atoms with E-state index >= 15 is 0 Å². The van der Waals surface area contributed by atoms with E-state index in [0.29, 0.717) is 54.4 Å². The standard InChI is InChI=1S/C26H25F3N6O3/c1-14(17-4-3-5-18(22(17)27)24(28)29)31-25-19-13-35(34-8-10-38-11-9-34)26(37)21(23(19)32-15(2)33-25)16-6-7-20(36)30-12-16/h3-7,12-14,16,24H,8-11H2,1-2H3,(H,31,32,33)/t14-,16?/m1/s1. The van der Waals surface area contributed by atoms with E-state index in [1.54, 1.807) is 26.1 Å². The lowest BCUT2D eigenvalue weighted by molar-refractivity contribution is -0.113. The van der Waals surface area contributed by atoms with Crippen LogP contribution in [0.15, 0.2) is 46.3 Å². The number of allylic oxidation sites excluding steroid dienone is 1. The number of pyridine rings is 1. The molecule has 1 amide bonds. The Bertz CT molecular complexity index is 1500. The number of ether oxygens (including phenoxy) is 1. The van der Waals surface area contributed by atoms with Crippen LogP contribution in [0.3, 0.4) is 0 Å². The second-order valence-electron chi connectivity index (χ2n) is 9.06. The van der Waals surface area contributed by atoms with Crippen molar-refractivity contribution in [3.63, 3.8) is 0 Å². The van der Waals surface area contributed by atoms with Crippen LogP contribution >= 0.6 is 0 Å². The summed E-state index contributed by atoms with van der Waals surface area (Å²) in [5, 5.41) is 5.44. The zero-order valence-corrected chi connectivity index (χ0v) is 20.7. The number of nitrogens with zero attached hydrogens (tertiary/aromatic N) is 5. The number of carbonyl (C=O) groups excluding carboxylic acids is 1. The highest BCUT2D eigenvalue weighted by Crippen LogP contribution is 2.32. The second-order valence-corrected chi connectivity index (χ2v) is 9.06. The fraction of sp³-hybridized carbons (Fsp3) is 0.346. The van der Waals surface area contributed by atoms with Crippen LogP contribution in [0, 0.1) is 12.7 Å². The van der Waals surface area contributed by atoms with Crippen molar-refractivity contribution in [2.75, 3.05) is 36.6 Å². The SMILES string of the molecule is Cc1nc(N[C@H](C)c2cccc(C(F)F)c2F)c2cn(N3CCOCC3)c(=O)c(C3C=CC(=O)N=C3)c2n1. The first kappa shape index (κ1) is 25.6. The average Bonchev–Trinajstić information content (AvgIpc) is 2.89. The number of alkyl halides is 2. The minimum atomic E-state index is -2.95. The number of fused-ring (bicyclic) bond motifs is 1. The van der Waals surface area contributed by atoms with Gasteiger partial charge in [-0.3, -0.25) is 9.59 Å². The number of halogens is 3. The zero-order chi connectivity index (χ0) is 27.0. The number of benzene rings is 1. The number of hydrogen-bond acceptors (Lipinski definition) is 7. The first-order chi connectivity index (χ1) is 18.2.